The molecule has 3 aromatic rings. The fraction of sp³-hybridized carbons (Fsp3) is 0.105. The summed E-state index contributed by atoms with van der Waals surface area (Å²) in [5, 5.41) is 14.2. The zero-order valence-corrected chi connectivity index (χ0v) is 14.4. The molecule has 0 aliphatic heterocycles. The Morgan fingerprint density at radius 1 is 1.12 bits per heavy atom. The number of aromatic nitrogens is 1. The summed E-state index contributed by atoms with van der Waals surface area (Å²) in [5.74, 6) is -2.54. The highest BCUT2D eigenvalue weighted by Gasteiger charge is 2.25. The van der Waals surface area contributed by atoms with Crippen molar-refractivity contribution in [3.05, 3.63) is 77.1 Å². The van der Waals surface area contributed by atoms with E-state index in [-0.39, 0.29) is 12.0 Å². The molecule has 1 amide bonds. The van der Waals surface area contributed by atoms with Crippen LogP contribution in [-0.4, -0.2) is 22.0 Å². The number of nitrogens with one attached hydrogen (secondary N) is 1. The van der Waals surface area contributed by atoms with Crippen LogP contribution in [0, 0.1) is 5.82 Å². The van der Waals surface area contributed by atoms with Crippen LogP contribution in [0.3, 0.4) is 0 Å². The second kappa shape index (κ2) is 7.88. The van der Waals surface area contributed by atoms with Crippen molar-refractivity contribution >= 4 is 23.2 Å². The van der Waals surface area contributed by atoms with E-state index in [1.807, 2.05) is 30.3 Å². The van der Waals surface area contributed by atoms with Gasteiger partial charge in [0, 0.05) is 16.5 Å². The lowest BCUT2D eigenvalue weighted by atomic mass is 10.1. The van der Waals surface area contributed by atoms with Gasteiger partial charge in [-0.25, -0.2) is 14.2 Å². The number of amides is 1. The van der Waals surface area contributed by atoms with Gasteiger partial charge in [-0.3, -0.25) is 4.79 Å². The largest absolute Gasteiger partial charge is 0.479 e. The molecule has 0 spiro atoms. The smallest absolute Gasteiger partial charge is 0.331 e. The molecule has 2 N–H and O–H groups in total. The summed E-state index contributed by atoms with van der Waals surface area (Å²) >= 11 is 1.40. The number of carbonyl (C=O) groups excluding carboxylic acids is 1. The van der Waals surface area contributed by atoms with E-state index in [1.54, 1.807) is 5.38 Å². The second-order valence-corrected chi connectivity index (χ2v) is 6.41. The van der Waals surface area contributed by atoms with Gasteiger partial charge >= 0.3 is 5.97 Å². The van der Waals surface area contributed by atoms with Crippen molar-refractivity contribution in [3.63, 3.8) is 0 Å². The van der Waals surface area contributed by atoms with E-state index in [4.69, 9.17) is 0 Å². The highest BCUT2D eigenvalue weighted by Crippen LogP contribution is 2.23. The Morgan fingerprint density at radius 3 is 2.50 bits per heavy atom. The highest BCUT2D eigenvalue weighted by atomic mass is 32.1. The van der Waals surface area contributed by atoms with Crippen LogP contribution >= 0.6 is 11.3 Å². The normalized spacial score (nSPS) is 11.7. The van der Waals surface area contributed by atoms with Gasteiger partial charge in [0.2, 0.25) is 5.91 Å². The average Bonchev–Trinajstić information content (AvgIpc) is 3.09. The third-order valence-corrected chi connectivity index (χ3v) is 4.62. The van der Waals surface area contributed by atoms with Crippen molar-refractivity contribution in [2.24, 2.45) is 0 Å². The molecular weight excluding hydrogens is 355 g/mol. The quantitative estimate of drug-likeness (QED) is 0.697. The number of hydrogen-bond donors (Lipinski definition) is 2. The number of aliphatic carboxylic acids is 1. The number of carboxylic acids is 1. The number of carbonyl (C=O) groups is 2. The average molecular weight is 370 g/mol. The minimum Gasteiger partial charge on any atom is -0.479 e. The molecule has 0 aliphatic rings. The molecule has 0 aliphatic carbocycles. The predicted molar refractivity (Wildman–Crippen MR) is 96.2 cm³/mol. The maximum atomic E-state index is 13.8. The highest BCUT2D eigenvalue weighted by molar-refractivity contribution is 7.13. The van der Waals surface area contributed by atoms with Gasteiger partial charge in [0.15, 0.2) is 6.04 Å². The van der Waals surface area contributed by atoms with E-state index in [1.165, 1.54) is 29.5 Å². The molecule has 26 heavy (non-hydrogen) atoms. The van der Waals surface area contributed by atoms with Crippen LogP contribution in [0.4, 0.5) is 4.39 Å². The molecule has 1 heterocycles. The van der Waals surface area contributed by atoms with Gasteiger partial charge in [0.05, 0.1) is 12.1 Å². The number of rotatable bonds is 6. The summed E-state index contributed by atoms with van der Waals surface area (Å²) in [6.07, 6.45) is -0.0818. The molecule has 0 radical (unpaired) electrons. The van der Waals surface area contributed by atoms with E-state index < -0.39 is 23.7 Å². The van der Waals surface area contributed by atoms with E-state index in [2.05, 4.69) is 10.3 Å². The Balaban J connectivity index is 1.71. The van der Waals surface area contributed by atoms with E-state index in [9.17, 15) is 19.1 Å². The lowest BCUT2D eigenvalue weighted by molar-refractivity contribution is -0.142. The number of thiazole rings is 1. The first-order chi connectivity index (χ1) is 12.5. The van der Waals surface area contributed by atoms with Crippen molar-refractivity contribution in [3.8, 4) is 10.6 Å². The maximum Gasteiger partial charge on any atom is 0.331 e. The number of nitrogens with zero attached hydrogens (tertiary/aromatic N) is 1. The standard InChI is InChI=1S/C19H15FN2O3S/c20-15-9-5-4-8-14(15)17(19(24)25)22-16(23)10-13-11-26-18(21-13)12-6-2-1-3-7-12/h1-9,11,17H,10H2,(H,22,23)(H,24,25). The second-order valence-electron chi connectivity index (χ2n) is 5.55. The van der Waals surface area contributed by atoms with Gasteiger partial charge in [0.1, 0.15) is 10.8 Å². The van der Waals surface area contributed by atoms with E-state index >= 15 is 0 Å². The van der Waals surface area contributed by atoms with Crippen LogP contribution in [0.1, 0.15) is 17.3 Å². The molecule has 1 aromatic heterocycles. The molecule has 0 fully saturated rings. The Kier molecular flexibility index (Phi) is 5.38. The van der Waals surface area contributed by atoms with Crippen molar-refractivity contribution in [1.29, 1.82) is 0 Å². The van der Waals surface area contributed by atoms with Gasteiger partial charge < -0.3 is 10.4 Å². The first-order valence-electron chi connectivity index (χ1n) is 7.81. The Morgan fingerprint density at radius 2 is 1.81 bits per heavy atom. The predicted octanol–water partition coefficient (Wildman–Crippen LogP) is 3.43. The fourth-order valence-corrected chi connectivity index (χ4v) is 3.29. The molecule has 1 unspecified atom stereocenters. The molecule has 132 valence electrons. The number of carboxylic acid groups (broad SMARTS) is 1. The van der Waals surface area contributed by atoms with Crippen LogP contribution in [0.2, 0.25) is 0 Å². The summed E-state index contributed by atoms with van der Waals surface area (Å²) in [6, 6.07) is 13.6. The van der Waals surface area contributed by atoms with Crippen LogP contribution in [0.25, 0.3) is 10.6 Å². The van der Waals surface area contributed by atoms with Gasteiger partial charge in [-0.05, 0) is 6.07 Å². The Labute approximate surface area is 153 Å². The first kappa shape index (κ1) is 17.8. The molecule has 0 saturated heterocycles. The summed E-state index contributed by atoms with van der Waals surface area (Å²) in [4.78, 5) is 28.1. The summed E-state index contributed by atoms with van der Waals surface area (Å²) < 4.78 is 13.8. The SMILES string of the molecule is O=C(Cc1csc(-c2ccccc2)n1)NC(C(=O)O)c1ccccc1F. The lowest BCUT2D eigenvalue weighted by Gasteiger charge is -2.15. The molecule has 3 rings (SSSR count). The molecule has 1 atom stereocenters. The molecular formula is C19H15FN2O3S. The van der Waals surface area contributed by atoms with Crippen LogP contribution in [0.15, 0.2) is 60.0 Å². The van der Waals surface area contributed by atoms with Crippen molar-refractivity contribution in [2.75, 3.05) is 0 Å². The Hall–Kier alpha value is -3.06. The number of benzene rings is 2. The fourth-order valence-electron chi connectivity index (χ4n) is 2.46. The van der Waals surface area contributed by atoms with Crippen molar-refractivity contribution in [2.45, 2.75) is 12.5 Å². The summed E-state index contributed by atoms with van der Waals surface area (Å²) in [5.41, 5.74) is 1.39. The minimum absolute atomic E-state index is 0.0818. The zero-order valence-electron chi connectivity index (χ0n) is 13.6. The number of hydrogen-bond acceptors (Lipinski definition) is 4. The van der Waals surface area contributed by atoms with E-state index in [0.717, 1.165) is 16.6 Å². The van der Waals surface area contributed by atoms with Gasteiger partial charge in [-0.15, -0.1) is 11.3 Å². The zero-order chi connectivity index (χ0) is 18.5. The van der Waals surface area contributed by atoms with Gasteiger partial charge in [-0.1, -0.05) is 48.5 Å². The third-order valence-electron chi connectivity index (χ3n) is 3.68. The molecule has 5 nitrogen and oxygen atoms in total. The lowest BCUT2D eigenvalue weighted by Crippen LogP contribution is -2.35. The molecule has 7 heteroatoms. The molecule has 0 saturated carbocycles. The molecule has 0 bridgehead atoms. The molecule has 2 aromatic carbocycles. The van der Waals surface area contributed by atoms with Crippen molar-refractivity contribution in [1.82, 2.24) is 10.3 Å². The summed E-state index contributed by atoms with van der Waals surface area (Å²) in [6.45, 7) is 0. The maximum absolute atomic E-state index is 13.8. The third kappa shape index (κ3) is 4.12. The first-order valence-corrected chi connectivity index (χ1v) is 8.69. The van der Waals surface area contributed by atoms with Crippen LogP contribution in [-0.2, 0) is 16.0 Å². The summed E-state index contributed by atoms with van der Waals surface area (Å²) in [7, 11) is 0. The van der Waals surface area contributed by atoms with Gasteiger partial charge in [0.25, 0.3) is 0 Å². The van der Waals surface area contributed by atoms with Crippen molar-refractivity contribution < 1.29 is 19.1 Å². The Bertz CT molecular complexity index is 927. The minimum atomic E-state index is -1.45. The van der Waals surface area contributed by atoms with Crippen LogP contribution in [0.5, 0.6) is 0 Å². The van der Waals surface area contributed by atoms with Gasteiger partial charge in [-0.2, -0.15) is 0 Å². The number of halogens is 1. The van der Waals surface area contributed by atoms with Crippen LogP contribution < -0.4 is 5.32 Å². The van der Waals surface area contributed by atoms with E-state index in [0.29, 0.717) is 5.69 Å². The monoisotopic (exact) mass is 370 g/mol. The topological polar surface area (TPSA) is 79.3 Å².